The van der Waals surface area contributed by atoms with Crippen molar-refractivity contribution in [2.24, 2.45) is 5.73 Å². The van der Waals surface area contributed by atoms with Gasteiger partial charge < -0.3 is 5.73 Å². The third-order valence-electron chi connectivity index (χ3n) is 2.54. The van der Waals surface area contributed by atoms with Crippen LogP contribution in [0.1, 0.15) is 25.1 Å². The van der Waals surface area contributed by atoms with Crippen LogP contribution in [-0.4, -0.2) is 15.0 Å². The molecule has 0 radical (unpaired) electrons. The standard InChI is InChI=1S/C11H11Br3N4/c1-2-9(15)10-5-18(17-16-10)11-7(13)3-6(12)4-8(11)14/h3-5,9H,2,15H2,1H3. The highest BCUT2D eigenvalue weighted by Crippen LogP contribution is 2.32. The first kappa shape index (κ1) is 14.2. The lowest BCUT2D eigenvalue weighted by atomic mass is 10.2. The lowest BCUT2D eigenvalue weighted by Crippen LogP contribution is -2.08. The van der Waals surface area contributed by atoms with E-state index in [0.717, 1.165) is 31.2 Å². The number of hydrogen-bond acceptors (Lipinski definition) is 3. The van der Waals surface area contributed by atoms with Crippen molar-refractivity contribution >= 4 is 47.8 Å². The summed E-state index contributed by atoms with van der Waals surface area (Å²) in [7, 11) is 0. The Hall–Kier alpha value is -0.240. The molecule has 1 aromatic carbocycles. The van der Waals surface area contributed by atoms with Crippen LogP contribution in [0.2, 0.25) is 0 Å². The van der Waals surface area contributed by atoms with Crippen molar-refractivity contribution in [3.63, 3.8) is 0 Å². The van der Waals surface area contributed by atoms with E-state index in [1.807, 2.05) is 25.3 Å². The second-order valence-electron chi connectivity index (χ2n) is 3.82. The van der Waals surface area contributed by atoms with Crippen LogP contribution >= 0.6 is 47.8 Å². The van der Waals surface area contributed by atoms with Crippen LogP contribution in [0, 0.1) is 0 Å². The van der Waals surface area contributed by atoms with Crippen molar-refractivity contribution in [2.45, 2.75) is 19.4 Å². The van der Waals surface area contributed by atoms with Crippen molar-refractivity contribution in [3.8, 4) is 5.69 Å². The fourth-order valence-electron chi connectivity index (χ4n) is 1.52. The Balaban J connectivity index is 2.46. The fourth-order valence-corrected chi connectivity index (χ4v) is 4.14. The van der Waals surface area contributed by atoms with Gasteiger partial charge in [0.2, 0.25) is 0 Å². The summed E-state index contributed by atoms with van der Waals surface area (Å²) < 4.78 is 4.54. The number of nitrogens with zero attached hydrogens (tertiary/aromatic N) is 3. The van der Waals surface area contributed by atoms with Crippen molar-refractivity contribution < 1.29 is 0 Å². The SMILES string of the molecule is CCC(N)c1cn(-c2c(Br)cc(Br)cc2Br)nn1. The minimum Gasteiger partial charge on any atom is -0.323 e. The molecule has 2 aromatic rings. The van der Waals surface area contributed by atoms with E-state index in [0.29, 0.717) is 0 Å². The van der Waals surface area contributed by atoms with Gasteiger partial charge in [-0.2, -0.15) is 0 Å². The minimum absolute atomic E-state index is 0.0771. The third-order valence-corrected chi connectivity index (χ3v) is 4.21. The number of nitrogens with two attached hydrogens (primary N) is 1. The zero-order chi connectivity index (χ0) is 13.3. The minimum atomic E-state index is -0.0771. The van der Waals surface area contributed by atoms with Gasteiger partial charge in [0, 0.05) is 13.4 Å². The molecule has 96 valence electrons. The molecular formula is C11H11Br3N4. The molecule has 0 amide bonds. The van der Waals surface area contributed by atoms with E-state index in [1.165, 1.54) is 0 Å². The van der Waals surface area contributed by atoms with Crippen LogP contribution < -0.4 is 5.73 Å². The molecule has 1 heterocycles. The molecule has 0 aliphatic carbocycles. The molecule has 4 nitrogen and oxygen atoms in total. The van der Waals surface area contributed by atoms with Crippen LogP contribution in [0.25, 0.3) is 5.69 Å². The Bertz CT molecular complexity index is 544. The van der Waals surface area contributed by atoms with Gasteiger partial charge in [-0.1, -0.05) is 28.1 Å². The molecule has 2 rings (SSSR count). The van der Waals surface area contributed by atoms with E-state index in [2.05, 4.69) is 58.1 Å². The Morgan fingerprint density at radius 2 is 1.89 bits per heavy atom. The van der Waals surface area contributed by atoms with Crippen LogP contribution in [0.5, 0.6) is 0 Å². The summed E-state index contributed by atoms with van der Waals surface area (Å²) in [5.41, 5.74) is 7.63. The van der Waals surface area contributed by atoms with Crippen molar-refractivity contribution in [1.29, 1.82) is 0 Å². The zero-order valence-corrected chi connectivity index (χ0v) is 14.3. The molecule has 0 aliphatic heterocycles. The van der Waals surface area contributed by atoms with Crippen LogP contribution in [0.4, 0.5) is 0 Å². The van der Waals surface area contributed by atoms with E-state index in [4.69, 9.17) is 5.73 Å². The van der Waals surface area contributed by atoms with Crippen LogP contribution in [-0.2, 0) is 0 Å². The molecule has 7 heteroatoms. The summed E-state index contributed by atoms with van der Waals surface area (Å²) in [5, 5.41) is 8.22. The molecule has 0 bridgehead atoms. The second-order valence-corrected chi connectivity index (χ2v) is 6.45. The third kappa shape index (κ3) is 2.84. The van der Waals surface area contributed by atoms with Crippen molar-refractivity contribution in [3.05, 3.63) is 37.4 Å². The summed E-state index contributed by atoms with van der Waals surface area (Å²) in [5.74, 6) is 0. The molecule has 2 N–H and O–H groups in total. The summed E-state index contributed by atoms with van der Waals surface area (Å²) >= 11 is 10.5. The number of rotatable bonds is 3. The summed E-state index contributed by atoms with van der Waals surface area (Å²) in [6.07, 6.45) is 2.69. The van der Waals surface area contributed by atoms with Gasteiger partial charge in [0.15, 0.2) is 0 Å². The number of aromatic nitrogens is 3. The van der Waals surface area contributed by atoms with E-state index in [1.54, 1.807) is 4.68 Å². The maximum absolute atomic E-state index is 5.94. The summed E-state index contributed by atoms with van der Waals surface area (Å²) in [4.78, 5) is 0. The lowest BCUT2D eigenvalue weighted by Gasteiger charge is -2.07. The highest BCUT2D eigenvalue weighted by Gasteiger charge is 2.13. The lowest BCUT2D eigenvalue weighted by molar-refractivity contribution is 0.670. The first-order valence-electron chi connectivity index (χ1n) is 5.35. The quantitative estimate of drug-likeness (QED) is 0.789. The van der Waals surface area contributed by atoms with Crippen LogP contribution in [0.3, 0.4) is 0 Å². The number of hydrogen-bond donors (Lipinski definition) is 1. The largest absolute Gasteiger partial charge is 0.323 e. The molecule has 1 aromatic heterocycles. The monoisotopic (exact) mass is 436 g/mol. The average molecular weight is 439 g/mol. The highest BCUT2D eigenvalue weighted by atomic mass is 79.9. The van der Waals surface area contributed by atoms with E-state index in [-0.39, 0.29) is 6.04 Å². The van der Waals surface area contributed by atoms with Gasteiger partial charge in [0.05, 0.1) is 23.6 Å². The molecule has 1 atom stereocenters. The Kier molecular flexibility index (Phi) is 4.58. The predicted octanol–water partition coefficient (Wildman–Crippen LogP) is 3.96. The topological polar surface area (TPSA) is 56.7 Å². The Morgan fingerprint density at radius 3 is 2.44 bits per heavy atom. The fraction of sp³-hybridized carbons (Fsp3) is 0.273. The molecule has 1 unspecified atom stereocenters. The van der Waals surface area contributed by atoms with Gasteiger partial charge in [-0.25, -0.2) is 4.68 Å². The smallest absolute Gasteiger partial charge is 0.0998 e. The first-order chi connectivity index (χ1) is 8.52. The van der Waals surface area contributed by atoms with Gasteiger partial charge in [0.1, 0.15) is 0 Å². The van der Waals surface area contributed by atoms with E-state index < -0.39 is 0 Å². The molecule has 18 heavy (non-hydrogen) atoms. The van der Waals surface area contributed by atoms with Gasteiger partial charge >= 0.3 is 0 Å². The predicted molar refractivity (Wildman–Crippen MR) is 81.7 cm³/mol. The number of benzene rings is 1. The summed E-state index contributed by atoms with van der Waals surface area (Å²) in [6, 6.07) is 3.84. The normalized spacial score (nSPS) is 12.7. The maximum Gasteiger partial charge on any atom is 0.0998 e. The molecule has 0 spiro atoms. The molecule has 0 saturated carbocycles. The second kappa shape index (κ2) is 5.81. The Morgan fingerprint density at radius 1 is 1.28 bits per heavy atom. The van der Waals surface area contributed by atoms with E-state index in [9.17, 15) is 0 Å². The molecule has 0 aliphatic rings. The van der Waals surface area contributed by atoms with Gasteiger partial charge in [0.25, 0.3) is 0 Å². The molecule has 0 saturated heterocycles. The van der Waals surface area contributed by atoms with Gasteiger partial charge in [-0.3, -0.25) is 0 Å². The maximum atomic E-state index is 5.94. The zero-order valence-electron chi connectivity index (χ0n) is 9.57. The van der Waals surface area contributed by atoms with Gasteiger partial charge in [-0.15, -0.1) is 5.10 Å². The first-order valence-corrected chi connectivity index (χ1v) is 7.73. The van der Waals surface area contributed by atoms with Crippen molar-refractivity contribution in [1.82, 2.24) is 15.0 Å². The molecular weight excluding hydrogens is 428 g/mol. The van der Waals surface area contributed by atoms with Gasteiger partial charge in [-0.05, 0) is 50.4 Å². The van der Waals surface area contributed by atoms with Crippen molar-refractivity contribution in [2.75, 3.05) is 0 Å². The number of halogens is 3. The molecule has 0 fully saturated rings. The average Bonchev–Trinajstić information content (AvgIpc) is 2.76. The Labute approximate surface area is 130 Å². The van der Waals surface area contributed by atoms with Crippen LogP contribution in [0.15, 0.2) is 31.7 Å². The summed E-state index contributed by atoms with van der Waals surface area (Å²) in [6.45, 7) is 2.02. The highest BCUT2D eigenvalue weighted by molar-refractivity contribution is 9.11. The van der Waals surface area contributed by atoms with E-state index >= 15 is 0 Å².